The topological polar surface area (TPSA) is 79.0 Å². The molecule has 0 unspecified atom stereocenters. The van der Waals surface area contributed by atoms with E-state index in [0.29, 0.717) is 22.7 Å². The third kappa shape index (κ3) is 5.19. The standard InChI is InChI=1S/C23H23ClF2N2O3S/c1-4-19-22(21-13(2)17(25)8-9-18(21)26)16(11-27-19)23(29)28-20(12-32(3,30)31)14-6-5-7-15(24)10-14/h5-11,20,27H,4,12H2,1-3H3,(H,28,29)/t20-/m0/s1. The molecule has 2 aromatic carbocycles. The van der Waals surface area contributed by atoms with Crippen molar-refractivity contribution in [1.82, 2.24) is 10.3 Å². The molecule has 1 atom stereocenters. The van der Waals surface area contributed by atoms with Crippen LogP contribution in [0.2, 0.25) is 5.02 Å². The molecule has 2 N–H and O–H groups in total. The maximum atomic E-state index is 14.7. The quantitative estimate of drug-likeness (QED) is 0.499. The van der Waals surface area contributed by atoms with Crippen molar-refractivity contribution in [2.75, 3.05) is 12.0 Å². The predicted octanol–water partition coefficient (Wildman–Crippen LogP) is 5.00. The first-order valence-electron chi connectivity index (χ1n) is 9.91. The summed E-state index contributed by atoms with van der Waals surface area (Å²) in [5, 5.41) is 3.11. The summed E-state index contributed by atoms with van der Waals surface area (Å²) in [6, 6.07) is 7.69. The lowest BCUT2D eigenvalue weighted by Gasteiger charge is -2.19. The number of amides is 1. The smallest absolute Gasteiger partial charge is 0.253 e. The van der Waals surface area contributed by atoms with Gasteiger partial charge in [-0.1, -0.05) is 30.7 Å². The SMILES string of the molecule is CCc1[nH]cc(C(=O)N[C@@H](CS(C)(=O)=O)c2cccc(Cl)c2)c1-c1c(F)ccc(F)c1C. The molecule has 32 heavy (non-hydrogen) atoms. The molecule has 3 aromatic rings. The van der Waals surface area contributed by atoms with Crippen LogP contribution in [-0.2, 0) is 16.3 Å². The number of H-pyrrole nitrogens is 1. The molecular weight excluding hydrogens is 458 g/mol. The third-order valence-corrected chi connectivity index (χ3v) is 6.36. The first-order chi connectivity index (χ1) is 15.0. The van der Waals surface area contributed by atoms with E-state index in [0.717, 1.165) is 18.4 Å². The fourth-order valence-electron chi connectivity index (χ4n) is 3.65. The number of aromatic amines is 1. The Morgan fingerprint density at radius 3 is 2.47 bits per heavy atom. The van der Waals surface area contributed by atoms with E-state index < -0.39 is 33.4 Å². The monoisotopic (exact) mass is 480 g/mol. The molecule has 0 aliphatic rings. The van der Waals surface area contributed by atoms with Crippen LogP contribution < -0.4 is 5.32 Å². The Balaban J connectivity index is 2.08. The zero-order valence-corrected chi connectivity index (χ0v) is 19.4. The Labute approximate surface area is 190 Å². The normalized spacial score (nSPS) is 12.6. The molecule has 0 bridgehead atoms. The van der Waals surface area contributed by atoms with Crippen LogP contribution in [0.5, 0.6) is 0 Å². The average molecular weight is 481 g/mol. The molecule has 0 radical (unpaired) electrons. The number of sulfone groups is 1. The summed E-state index contributed by atoms with van der Waals surface area (Å²) in [4.78, 5) is 16.2. The summed E-state index contributed by atoms with van der Waals surface area (Å²) in [7, 11) is -3.47. The highest BCUT2D eigenvalue weighted by molar-refractivity contribution is 7.90. The van der Waals surface area contributed by atoms with E-state index in [1.54, 1.807) is 24.3 Å². The largest absolute Gasteiger partial charge is 0.364 e. The molecule has 9 heteroatoms. The van der Waals surface area contributed by atoms with Crippen molar-refractivity contribution < 1.29 is 22.0 Å². The van der Waals surface area contributed by atoms with E-state index >= 15 is 0 Å². The molecule has 0 aliphatic heterocycles. The number of hydrogen-bond donors (Lipinski definition) is 2. The summed E-state index contributed by atoms with van der Waals surface area (Å²) in [6.45, 7) is 3.27. The van der Waals surface area contributed by atoms with Crippen LogP contribution in [0.25, 0.3) is 11.1 Å². The van der Waals surface area contributed by atoms with Gasteiger partial charge in [0.25, 0.3) is 5.91 Å². The summed E-state index contributed by atoms with van der Waals surface area (Å²) in [6.07, 6.45) is 2.93. The number of carbonyl (C=O) groups excluding carboxylic acids is 1. The highest BCUT2D eigenvalue weighted by atomic mass is 35.5. The van der Waals surface area contributed by atoms with Crippen LogP contribution in [-0.4, -0.2) is 31.3 Å². The lowest BCUT2D eigenvalue weighted by Crippen LogP contribution is -2.33. The molecule has 1 heterocycles. The molecule has 0 saturated carbocycles. The lowest BCUT2D eigenvalue weighted by molar-refractivity contribution is 0.0941. The average Bonchev–Trinajstić information content (AvgIpc) is 3.13. The van der Waals surface area contributed by atoms with Gasteiger partial charge in [0.1, 0.15) is 21.5 Å². The molecule has 0 saturated heterocycles. The fourth-order valence-corrected chi connectivity index (χ4v) is 4.73. The number of carbonyl (C=O) groups is 1. The van der Waals surface area contributed by atoms with Crippen molar-refractivity contribution in [2.24, 2.45) is 0 Å². The maximum Gasteiger partial charge on any atom is 0.253 e. The van der Waals surface area contributed by atoms with Crippen LogP contribution >= 0.6 is 11.6 Å². The van der Waals surface area contributed by atoms with E-state index in [4.69, 9.17) is 11.6 Å². The first kappa shape index (κ1) is 23.9. The van der Waals surface area contributed by atoms with Gasteiger partial charge in [-0.3, -0.25) is 4.79 Å². The van der Waals surface area contributed by atoms with Crippen molar-refractivity contribution in [1.29, 1.82) is 0 Å². The van der Waals surface area contributed by atoms with Crippen LogP contribution in [0, 0.1) is 18.6 Å². The lowest BCUT2D eigenvalue weighted by atomic mass is 9.94. The van der Waals surface area contributed by atoms with Gasteiger partial charge in [0.2, 0.25) is 0 Å². The Bertz CT molecular complexity index is 1270. The number of aromatic nitrogens is 1. The van der Waals surface area contributed by atoms with Crippen LogP contribution in [0.4, 0.5) is 8.78 Å². The first-order valence-corrected chi connectivity index (χ1v) is 12.3. The number of aryl methyl sites for hydroxylation is 1. The van der Waals surface area contributed by atoms with Gasteiger partial charge in [0.15, 0.2) is 0 Å². The molecule has 5 nitrogen and oxygen atoms in total. The molecule has 0 aliphatic carbocycles. The van der Waals surface area contributed by atoms with Gasteiger partial charge in [-0.25, -0.2) is 17.2 Å². The molecular formula is C23H23ClF2N2O3S. The van der Waals surface area contributed by atoms with Gasteiger partial charge in [-0.05, 0) is 48.7 Å². The highest BCUT2D eigenvalue weighted by Gasteiger charge is 2.26. The van der Waals surface area contributed by atoms with E-state index in [1.165, 1.54) is 13.1 Å². The van der Waals surface area contributed by atoms with Gasteiger partial charge in [-0.15, -0.1) is 0 Å². The second-order valence-corrected chi connectivity index (χ2v) is 10.2. The molecule has 0 spiro atoms. The van der Waals surface area contributed by atoms with Gasteiger partial charge in [0, 0.05) is 34.3 Å². The Kier molecular flexibility index (Phi) is 7.05. The fraction of sp³-hybridized carbons (Fsp3) is 0.261. The number of rotatable bonds is 7. The minimum absolute atomic E-state index is 0.00401. The van der Waals surface area contributed by atoms with Crippen LogP contribution in [0.3, 0.4) is 0 Å². The van der Waals surface area contributed by atoms with Gasteiger partial charge in [0.05, 0.1) is 17.4 Å². The highest BCUT2D eigenvalue weighted by Crippen LogP contribution is 2.34. The Morgan fingerprint density at radius 1 is 1.16 bits per heavy atom. The molecule has 1 aromatic heterocycles. The molecule has 0 fully saturated rings. The minimum Gasteiger partial charge on any atom is -0.364 e. The van der Waals surface area contributed by atoms with E-state index in [2.05, 4.69) is 10.3 Å². The molecule has 170 valence electrons. The van der Waals surface area contributed by atoms with Crippen LogP contribution in [0.1, 0.15) is 40.1 Å². The predicted molar refractivity (Wildman–Crippen MR) is 122 cm³/mol. The van der Waals surface area contributed by atoms with E-state index in [-0.39, 0.29) is 28.0 Å². The van der Waals surface area contributed by atoms with E-state index in [9.17, 15) is 22.0 Å². The zero-order chi connectivity index (χ0) is 23.6. The maximum absolute atomic E-state index is 14.7. The minimum atomic E-state index is -3.47. The number of nitrogens with one attached hydrogen (secondary N) is 2. The van der Waals surface area contributed by atoms with Crippen molar-refractivity contribution in [2.45, 2.75) is 26.3 Å². The van der Waals surface area contributed by atoms with Gasteiger partial charge < -0.3 is 10.3 Å². The van der Waals surface area contributed by atoms with E-state index in [1.807, 2.05) is 6.92 Å². The summed E-state index contributed by atoms with van der Waals surface area (Å²) < 4.78 is 53.0. The third-order valence-electron chi connectivity index (χ3n) is 5.18. The number of benzene rings is 2. The summed E-state index contributed by atoms with van der Waals surface area (Å²) >= 11 is 6.05. The van der Waals surface area contributed by atoms with Crippen molar-refractivity contribution in [3.8, 4) is 11.1 Å². The number of halogens is 3. The Morgan fingerprint density at radius 2 is 1.84 bits per heavy atom. The summed E-state index contributed by atoms with van der Waals surface area (Å²) in [5.41, 5.74) is 1.49. The second kappa shape index (κ2) is 9.42. The van der Waals surface area contributed by atoms with Gasteiger partial charge >= 0.3 is 0 Å². The zero-order valence-electron chi connectivity index (χ0n) is 17.8. The molecule has 3 rings (SSSR count). The Hall–Kier alpha value is -2.71. The second-order valence-electron chi connectivity index (χ2n) is 7.61. The van der Waals surface area contributed by atoms with Crippen molar-refractivity contribution in [3.63, 3.8) is 0 Å². The summed E-state index contributed by atoms with van der Waals surface area (Å²) in [5.74, 6) is -2.22. The number of hydrogen-bond acceptors (Lipinski definition) is 3. The van der Waals surface area contributed by atoms with Crippen LogP contribution in [0.15, 0.2) is 42.6 Å². The van der Waals surface area contributed by atoms with Crippen molar-refractivity contribution in [3.05, 3.63) is 81.6 Å². The van der Waals surface area contributed by atoms with Gasteiger partial charge in [-0.2, -0.15) is 0 Å². The molecule has 1 amide bonds. The van der Waals surface area contributed by atoms with Crippen molar-refractivity contribution >= 4 is 27.3 Å².